The first-order chi connectivity index (χ1) is 8.32. The van der Waals surface area contributed by atoms with Gasteiger partial charge in [-0.3, -0.25) is 0 Å². The van der Waals surface area contributed by atoms with Crippen molar-refractivity contribution in [3.05, 3.63) is 17.5 Å². The fourth-order valence-electron chi connectivity index (χ4n) is 1.25. The molecule has 13 heteroatoms. The number of tetrazole rings is 3. The normalized spacial score (nSPS) is 11.8. The van der Waals surface area contributed by atoms with Crippen molar-refractivity contribution < 1.29 is 5.11 Å². The molecule has 0 unspecified atom stereocenters. The highest BCUT2D eigenvalue weighted by Crippen LogP contribution is 2.27. The lowest BCUT2D eigenvalue weighted by Gasteiger charge is -2.15. The zero-order valence-corrected chi connectivity index (χ0v) is 7.97. The standard InChI is InChI=1S/C4H4N12O/c17-4(1-5-11-12-6-1,2-7-13-14-8-2)3-9-15-16-10-3/h17H,(H,5,6,11,12)(H,7,8,13,14)(H,9,10,15,16). The van der Waals surface area contributed by atoms with Crippen molar-refractivity contribution in [3.8, 4) is 0 Å². The van der Waals surface area contributed by atoms with E-state index in [1.54, 1.807) is 0 Å². The molecule has 3 heterocycles. The molecule has 3 rings (SSSR count). The Morgan fingerprint density at radius 3 is 1.29 bits per heavy atom. The van der Waals surface area contributed by atoms with Gasteiger partial charge in [-0.1, -0.05) is 15.6 Å². The van der Waals surface area contributed by atoms with Gasteiger partial charge in [0.25, 0.3) is 5.60 Å². The first-order valence-electron chi connectivity index (χ1n) is 4.26. The topological polar surface area (TPSA) is 184 Å². The van der Waals surface area contributed by atoms with Crippen molar-refractivity contribution in [1.29, 1.82) is 0 Å². The van der Waals surface area contributed by atoms with Gasteiger partial charge in [-0.05, 0) is 0 Å². The first kappa shape index (κ1) is 9.40. The Morgan fingerprint density at radius 1 is 0.706 bits per heavy atom. The average molecular weight is 236 g/mol. The molecule has 3 aromatic heterocycles. The van der Waals surface area contributed by atoms with E-state index >= 15 is 0 Å². The maximum Gasteiger partial charge on any atom is 0.256 e. The van der Waals surface area contributed by atoms with Crippen LogP contribution in [0.2, 0.25) is 0 Å². The summed E-state index contributed by atoms with van der Waals surface area (Å²) < 4.78 is 0. The van der Waals surface area contributed by atoms with Crippen LogP contribution in [0.25, 0.3) is 0 Å². The molecule has 0 spiro atoms. The molecule has 0 aliphatic carbocycles. The molecule has 0 atom stereocenters. The first-order valence-corrected chi connectivity index (χ1v) is 4.26. The van der Waals surface area contributed by atoms with E-state index in [4.69, 9.17) is 0 Å². The van der Waals surface area contributed by atoms with Gasteiger partial charge in [0.15, 0.2) is 0 Å². The van der Waals surface area contributed by atoms with Crippen LogP contribution in [-0.2, 0) is 5.60 Å². The summed E-state index contributed by atoms with van der Waals surface area (Å²) in [4.78, 5) is 0. The Labute approximate surface area is 91.0 Å². The molecule has 3 aromatic rings. The van der Waals surface area contributed by atoms with Crippen molar-refractivity contribution in [2.45, 2.75) is 5.60 Å². The average Bonchev–Trinajstić information content (AvgIpc) is 3.10. The monoisotopic (exact) mass is 236 g/mol. The van der Waals surface area contributed by atoms with Gasteiger partial charge in [-0.25, -0.2) is 0 Å². The molecular formula is C4H4N12O. The lowest BCUT2D eigenvalue weighted by atomic mass is 10.0. The molecule has 13 nitrogen and oxygen atoms in total. The van der Waals surface area contributed by atoms with Crippen molar-refractivity contribution >= 4 is 0 Å². The molecule has 86 valence electrons. The van der Waals surface area contributed by atoms with Gasteiger partial charge in [-0.2, -0.15) is 15.6 Å². The Balaban J connectivity index is 2.21. The molecular weight excluding hydrogens is 232 g/mol. The Kier molecular flexibility index (Phi) is 1.85. The number of H-pyrrole nitrogens is 3. The maximum absolute atomic E-state index is 10.5. The number of aromatic amines is 3. The summed E-state index contributed by atoms with van der Waals surface area (Å²) in [6.45, 7) is 0. The van der Waals surface area contributed by atoms with Crippen LogP contribution in [0.3, 0.4) is 0 Å². The van der Waals surface area contributed by atoms with Crippen LogP contribution in [0.4, 0.5) is 0 Å². The maximum atomic E-state index is 10.5. The van der Waals surface area contributed by atoms with E-state index in [9.17, 15) is 5.11 Å². The molecule has 4 N–H and O–H groups in total. The van der Waals surface area contributed by atoms with E-state index in [-0.39, 0.29) is 17.5 Å². The molecule has 0 amide bonds. The fourth-order valence-corrected chi connectivity index (χ4v) is 1.25. The zero-order chi connectivity index (χ0) is 11.7. The van der Waals surface area contributed by atoms with Gasteiger partial charge in [0.2, 0.25) is 17.5 Å². The van der Waals surface area contributed by atoms with E-state index in [0.29, 0.717) is 0 Å². The molecule has 0 saturated carbocycles. The second kappa shape index (κ2) is 3.34. The number of aliphatic hydroxyl groups is 1. The minimum absolute atomic E-state index is 0.125. The molecule has 0 radical (unpaired) electrons. The van der Waals surface area contributed by atoms with Gasteiger partial charge in [0.1, 0.15) is 0 Å². The lowest BCUT2D eigenvalue weighted by molar-refractivity contribution is 0.0957. The quantitative estimate of drug-likeness (QED) is 0.355. The predicted octanol–water partition coefficient (Wildman–Crippen LogP) is -3.49. The third kappa shape index (κ3) is 1.26. The SMILES string of the molecule is OC(c1nn[nH]n1)(c1nn[nH]n1)c1nn[nH]n1. The van der Waals surface area contributed by atoms with E-state index in [0.717, 1.165) is 0 Å². The highest BCUT2D eigenvalue weighted by molar-refractivity contribution is 5.24. The van der Waals surface area contributed by atoms with Gasteiger partial charge >= 0.3 is 0 Å². The van der Waals surface area contributed by atoms with Crippen molar-refractivity contribution in [3.63, 3.8) is 0 Å². The molecule has 0 saturated heterocycles. The summed E-state index contributed by atoms with van der Waals surface area (Å²) in [5.41, 5.74) is -1.98. The van der Waals surface area contributed by atoms with Crippen molar-refractivity contribution in [2.75, 3.05) is 0 Å². The van der Waals surface area contributed by atoms with E-state index < -0.39 is 5.60 Å². The van der Waals surface area contributed by atoms with Crippen LogP contribution in [0.1, 0.15) is 17.5 Å². The van der Waals surface area contributed by atoms with Crippen LogP contribution in [0, 0.1) is 0 Å². The van der Waals surface area contributed by atoms with Crippen LogP contribution in [-0.4, -0.2) is 67.0 Å². The number of nitrogens with one attached hydrogen (secondary N) is 3. The number of nitrogens with zero attached hydrogens (tertiary/aromatic N) is 9. The minimum Gasteiger partial charge on any atom is -0.368 e. The summed E-state index contributed by atoms with van der Waals surface area (Å²) in [6.07, 6.45) is 0. The van der Waals surface area contributed by atoms with Gasteiger partial charge in [0.05, 0.1) is 0 Å². The minimum atomic E-state index is -1.98. The van der Waals surface area contributed by atoms with Crippen LogP contribution >= 0.6 is 0 Å². The van der Waals surface area contributed by atoms with E-state index in [1.807, 2.05) is 0 Å². The van der Waals surface area contributed by atoms with Gasteiger partial charge in [0, 0.05) is 0 Å². The molecule has 0 fully saturated rings. The molecule has 0 aliphatic heterocycles. The Morgan fingerprint density at radius 2 is 1.06 bits per heavy atom. The highest BCUT2D eigenvalue weighted by atomic mass is 16.3. The second-order valence-corrected chi connectivity index (χ2v) is 2.92. The fraction of sp³-hybridized carbons (Fsp3) is 0.250. The van der Waals surface area contributed by atoms with E-state index in [1.165, 1.54) is 0 Å². The van der Waals surface area contributed by atoms with Gasteiger partial charge in [-0.15, -0.1) is 30.6 Å². The summed E-state index contributed by atoms with van der Waals surface area (Å²) in [5.74, 6) is -0.374. The largest absolute Gasteiger partial charge is 0.368 e. The van der Waals surface area contributed by atoms with Crippen LogP contribution in [0.5, 0.6) is 0 Å². The number of rotatable bonds is 3. The Hall–Kier alpha value is -2.83. The van der Waals surface area contributed by atoms with Crippen molar-refractivity contribution in [1.82, 2.24) is 61.9 Å². The lowest BCUT2D eigenvalue weighted by Crippen LogP contribution is -2.33. The molecule has 0 aromatic carbocycles. The third-order valence-electron chi connectivity index (χ3n) is 2.01. The predicted molar refractivity (Wildman–Crippen MR) is 44.6 cm³/mol. The van der Waals surface area contributed by atoms with Crippen LogP contribution in [0.15, 0.2) is 0 Å². The van der Waals surface area contributed by atoms with Crippen LogP contribution < -0.4 is 0 Å². The summed E-state index contributed by atoms with van der Waals surface area (Å²) in [7, 11) is 0. The van der Waals surface area contributed by atoms with E-state index in [2.05, 4.69) is 61.9 Å². The summed E-state index contributed by atoms with van der Waals surface area (Å²) >= 11 is 0. The second-order valence-electron chi connectivity index (χ2n) is 2.92. The number of hydrogen-bond acceptors (Lipinski definition) is 10. The zero-order valence-electron chi connectivity index (χ0n) is 7.97. The van der Waals surface area contributed by atoms with Crippen molar-refractivity contribution in [2.24, 2.45) is 0 Å². The molecule has 17 heavy (non-hydrogen) atoms. The third-order valence-corrected chi connectivity index (χ3v) is 2.01. The smallest absolute Gasteiger partial charge is 0.256 e. The molecule has 0 aliphatic rings. The molecule has 0 bridgehead atoms. The summed E-state index contributed by atoms with van der Waals surface area (Å²) in [6, 6.07) is 0. The summed E-state index contributed by atoms with van der Waals surface area (Å²) in [5, 5.41) is 49.1. The van der Waals surface area contributed by atoms with Gasteiger partial charge < -0.3 is 5.11 Å². The Bertz CT molecular complexity index is 482. The highest BCUT2D eigenvalue weighted by Gasteiger charge is 2.46. The number of hydrogen-bond donors (Lipinski definition) is 4. The number of aromatic nitrogens is 12.